The Morgan fingerprint density at radius 3 is 2.45 bits per heavy atom. The van der Waals surface area contributed by atoms with Gasteiger partial charge in [-0.25, -0.2) is 13.2 Å². The lowest BCUT2D eigenvalue weighted by atomic mass is 10.1. The number of sulfone groups is 1. The lowest BCUT2D eigenvalue weighted by Crippen LogP contribution is -2.23. The van der Waals surface area contributed by atoms with Gasteiger partial charge < -0.3 is 15.2 Å². The van der Waals surface area contributed by atoms with Crippen molar-refractivity contribution in [2.75, 3.05) is 19.7 Å². The van der Waals surface area contributed by atoms with E-state index in [9.17, 15) is 18.3 Å². The lowest BCUT2D eigenvalue weighted by molar-refractivity contribution is 0.0526. The molecule has 0 aromatic heterocycles. The highest BCUT2D eigenvalue weighted by molar-refractivity contribution is 7.91. The van der Waals surface area contributed by atoms with Gasteiger partial charge in [0.15, 0.2) is 0 Å². The number of rotatable bonds is 10. The van der Waals surface area contributed by atoms with Crippen molar-refractivity contribution in [1.82, 2.24) is 5.32 Å². The van der Waals surface area contributed by atoms with Crippen molar-refractivity contribution >= 4 is 27.4 Å². The number of carbonyl (C=O) groups is 1. The first-order chi connectivity index (χ1) is 15.8. The van der Waals surface area contributed by atoms with Gasteiger partial charge in [-0.3, -0.25) is 0 Å². The van der Waals surface area contributed by atoms with Gasteiger partial charge in [-0.05, 0) is 79.5 Å². The zero-order valence-electron chi connectivity index (χ0n) is 18.2. The third-order valence-electron chi connectivity index (χ3n) is 5.05. The van der Waals surface area contributed by atoms with Crippen LogP contribution in [-0.2, 0) is 21.0 Å². The maximum absolute atomic E-state index is 13.0. The van der Waals surface area contributed by atoms with Crippen LogP contribution in [0.4, 0.5) is 0 Å². The number of halogens is 1. The van der Waals surface area contributed by atoms with Crippen LogP contribution in [-0.4, -0.2) is 39.2 Å². The molecule has 0 spiro atoms. The summed E-state index contributed by atoms with van der Waals surface area (Å²) in [6.45, 7) is 2.88. The van der Waals surface area contributed by atoms with Crippen molar-refractivity contribution in [1.29, 1.82) is 0 Å². The van der Waals surface area contributed by atoms with Crippen molar-refractivity contribution < 1.29 is 23.1 Å². The number of benzene rings is 3. The maximum atomic E-state index is 13.0. The number of aliphatic hydroxyl groups excluding tert-OH is 1. The first kappa shape index (κ1) is 24.9. The summed E-state index contributed by atoms with van der Waals surface area (Å²) >= 11 is 5.96. The number of esters is 1. The Labute approximate surface area is 199 Å². The molecule has 2 N–H and O–H groups in total. The number of hydrogen-bond donors (Lipinski definition) is 2. The smallest absolute Gasteiger partial charge is 0.338 e. The van der Waals surface area contributed by atoms with Gasteiger partial charge in [0.1, 0.15) is 0 Å². The number of nitrogens with one attached hydrogen (secondary N) is 1. The van der Waals surface area contributed by atoms with Crippen LogP contribution in [0.15, 0.2) is 82.6 Å². The standard InChI is InChI=1S/C25H26ClNO5S/c1-2-32-25(29)19-9-11-22(12-10-19)33(30,31)23-8-3-5-18(15-23)13-14-27-17-24(28)20-6-4-7-21(26)16-20/h3-12,15-16,24,27-28H,2,13-14,17H2,1H3/t24-/m1/s1. The van der Waals surface area contributed by atoms with E-state index in [-0.39, 0.29) is 16.4 Å². The molecule has 0 heterocycles. The van der Waals surface area contributed by atoms with Crippen LogP contribution in [0.25, 0.3) is 0 Å². The summed E-state index contributed by atoms with van der Waals surface area (Å²) in [6, 6.07) is 19.5. The lowest BCUT2D eigenvalue weighted by Gasteiger charge is -2.13. The van der Waals surface area contributed by atoms with E-state index in [4.69, 9.17) is 16.3 Å². The van der Waals surface area contributed by atoms with E-state index in [2.05, 4.69) is 5.32 Å². The molecule has 3 aromatic rings. The minimum Gasteiger partial charge on any atom is -0.462 e. The molecule has 0 bridgehead atoms. The molecular formula is C25H26ClNO5S. The van der Waals surface area contributed by atoms with E-state index in [1.807, 2.05) is 12.1 Å². The summed E-state index contributed by atoms with van der Waals surface area (Å²) in [5.74, 6) is -0.489. The van der Waals surface area contributed by atoms with Crippen molar-refractivity contribution in [3.63, 3.8) is 0 Å². The van der Waals surface area contributed by atoms with Gasteiger partial charge in [-0.2, -0.15) is 0 Å². The molecular weight excluding hydrogens is 462 g/mol. The van der Waals surface area contributed by atoms with Gasteiger partial charge in [-0.15, -0.1) is 0 Å². The molecule has 6 nitrogen and oxygen atoms in total. The number of hydrogen-bond acceptors (Lipinski definition) is 6. The predicted octanol–water partition coefficient (Wildman–Crippen LogP) is 4.22. The molecule has 0 aliphatic carbocycles. The molecule has 3 rings (SSSR count). The molecule has 0 fully saturated rings. The Hall–Kier alpha value is -2.71. The number of ether oxygens (including phenoxy) is 1. The fourth-order valence-electron chi connectivity index (χ4n) is 3.29. The fraction of sp³-hybridized carbons (Fsp3) is 0.240. The third kappa shape index (κ3) is 6.65. The second-order valence-corrected chi connectivity index (χ2v) is 9.81. The summed E-state index contributed by atoms with van der Waals surface area (Å²) in [5, 5.41) is 14.0. The molecule has 1 atom stereocenters. The monoisotopic (exact) mass is 487 g/mol. The van der Waals surface area contributed by atoms with Gasteiger partial charge in [0.05, 0.1) is 28.1 Å². The highest BCUT2D eigenvalue weighted by Gasteiger charge is 2.19. The van der Waals surface area contributed by atoms with Crippen LogP contribution in [0, 0.1) is 0 Å². The van der Waals surface area contributed by atoms with Crippen LogP contribution in [0.2, 0.25) is 5.02 Å². The molecule has 0 aliphatic rings. The van der Waals surface area contributed by atoms with E-state index in [0.29, 0.717) is 30.1 Å². The van der Waals surface area contributed by atoms with Crippen molar-refractivity contribution in [2.45, 2.75) is 29.2 Å². The Morgan fingerprint density at radius 2 is 1.76 bits per heavy atom. The predicted molar refractivity (Wildman–Crippen MR) is 127 cm³/mol. The minimum absolute atomic E-state index is 0.107. The van der Waals surface area contributed by atoms with E-state index in [1.165, 1.54) is 24.3 Å². The highest BCUT2D eigenvalue weighted by atomic mass is 35.5. The van der Waals surface area contributed by atoms with Crippen LogP contribution < -0.4 is 5.32 Å². The van der Waals surface area contributed by atoms with Crippen molar-refractivity contribution in [3.05, 3.63) is 94.5 Å². The summed E-state index contributed by atoms with van der Waals surface area (Å²) in [5.41, 5.74) is 1.89. The molecule has 33 heavy (non-hydrogen) atoms. The van der Waals surface area contributed by atoms with Crippen LogP contribution in [0.1, 0.15) is 34.5 Å². The van der Waals surface area contributed by atoms with Crippen LogP contribution >= 0.6 is 11.6 Å². The molecule has 3 aromatic carbocycles. The topological polar surface area (TPSA) is 92.7 Å². The second kappa shape index (κ2) is 11.4. The van der Waals surface area contributed by atoms with E-state index in [0.717, 1.165) is 11.1 Å². The van der Waals surface area contributed by atoms with Crippen LogP contribution in [0.5, 0.6) is 0 Å². The first-order valence-electron chi connectivity index (χ1n) is 10.6. The van der Waals surface area contributed by atoms with Gasteiger partial charge in [0.25, 0.3) is 0 Å². The Kier molecular flexibility index (Phi) is 8.63. The zero-order chi connectivity index (χ0) is 23.8. The molecule has 0 saturated carbocycles. The second-order valence-electron chi connectivity index (χ2n) is 7.42. The molecule has 174 valence electrons. The molecule has 0 unspecified atom stereocenters. The van der Waals surface area contributed by atoms with Crippen LogP contribution in [0.3, 0.4) is 0 Å². The Bertz CT molecular complexity index is 1200. The van der Waals surface area contributed by atoms with Gasteiger partial charge >= 0.3 is 5.97 Å². The molecule has 0 saturated heterocycles. The minimum atomic E-state index is -3.73. The van der Waals surface area contributed by atoms with Gasteiger partial charge in [0.2, 0.25) is 9.84 Å². The molecule has 0 amide bonds. The van der Waals surface area contributed by atoms with E-state index >= 15 is 0 Å². The first-order valence-corrected chi connectivity index (χ1v) is 12.4. The average molecular weight is 488 g/mol. The van der Waals surface area contributed by atoms with Gasteiger partial charge in [0, 0.05) is 11.6 Å². The summed E-state index contributed by atoms with van der Waals surface area (Å²) in [4.78, 5) is 12.1. The van der Waals surface area contributed by atoms with E-state index < -0.39 is 21.9 Å². The molecule has 0 aliphatic heterocycles. The van der Waals surface area contributed by atoms with Gasteiger partial charge in [-0.1, -0.05) is 35.9 Å². The zero-order valence-corrected chi connectivity index (χ0v) is 19.8. The molecule has 0 radical (unpaired) electrons. The summed E-state index contributed by atoms with van der Waals surface area (Å²) < 4.78 is 31.0. The van der Waals surface area contributed by atoms with Crippen molar-refractivity contribution in [2.24, 2.45) is 0 Å². The summed E-state index contributed by atoms with van der Waals surface area (Å²) in [7, 11) is -3.73. The quantitative estimate of drug-likeness (QED) is 0.328. The molecule has 8 heteroatoms. The Balaban J connectivity index is 1.61. The normalized spacial score (nSPS) is 12.3. The average Bonchev–Trinajstić information content (AvgIpc) is 2.82. The maximum Gasteiger partial charge on any atom is 0.338 e. The third-order valence-corrected chi connectivity index (χ3v) is 7.05. The SMILES string of the molecule is CCOC(=O)c1ccc(S(=O)(=O)c2cccc(CCNC[C@@H](O)c3cccc(Cl)c3)c2)cc1. The number of aliphatic hydroxyl groups is 1. The van der Waals surface area contributed by atoms with E-state index in [1.54, 1.807) is 43.3 Å². The number of carbonyl (C=O) groups excluding carboxylic acids is 1. The largest absolute Gasteiger partial charge is 0.462 e. The summed E-state index contributed by atoms with van der Waals surface area (Å²) in [6.07, 6.45) is -0.0963. The fourth-order valence-corrected chi connectivity index (χ4v) is 4.82. The van der Waals surface area contributed by atoms with Crippen molar-refractivity contribution in [3.8, 4) is 0 Å². The highest BCUT2D eigenvalue weighted by Crippen LogP contribution is 2.23. The Morgan fingerprint density at radius 1 is 1.03 bits per heavy atom.